The van der Waals surface area contributed by atoms with Gasteiger partial charge in [0.15, 0.2) is 0 Å². The van der Waals surface area contributed by atoms with Crippen LogP contribution in [-0.2, 0) is 16.3 Å². The number of hydrogen-bond donors (Lipinski definition) is 1. The third kappa shape index (κ3) is 6.02. The van der Waals surface area contributed by atoms with Crippen LogP contribution in [0.5, 0.6) is 5.75 Å². The quantitative estimate of drug-likeness (QED) is 0.815. The molecule has 0 aliphatic rings. The Bertz CT molecular complexity index is 450. The molecule has 1 unspecified atom stereocenters. The van der Waals surface area contributed by atoms with E-state index in [1.54, 1.807) is 7.11 Å². The van der Waals surface area contributed by atoms with Gasteiger partial charge in [0.05, 0.1) is 19.0 Å². The lowest BCUT2D eigenvalue weighted by Crippen LogP contribution is -2.14. The normalized spacial score (nSPS) is 13.3. The van der Waals surface area contributed by atoms with Crippen LogP contribution in [0.25, 0.3) is 0 Å². The first-order chi connectivity index (χ1) is 8.40. The molecule has 5 heteroatoms. The zero-order valence-corrected chi connectivity index (χ0v) is 11.6. The lowest BCUT2D eigenvalue weighted by molar-refractivity contribution is 0.161. The van der Waals surface area contributed by atoms with E-state index in [9.17, 15) is 13.5 Å². The average molecular weight is 272 g/mol. The van der Waals surface area contributed by atoms with Gasteiger partial charge in [0.2, 0.25) is 0 Å². The largest absolute Gasteiger partial charge is 0.497 e. The smallest absolute Gasteiger partial charge is 0.147 e. The van der Waals surface area contributed by atoms with Crippen LogP contribution in [0.4, 0.5) is 0 Å². The molecule has 0 aliphatic heterocycles. The van der Waals surface area contributed by atoms with E-state index in [4.69, 9.17) is 4.74 Å². The number of hydrogen-bond acceptors (Lipinski definition) is 4. The van der Waals surface area contributed by atoms with E-state index in [1.807, 2.05) is 24.3 Å². The molecule has 0 aromatic heterocycles. The van der Waals surface area contributed by atoms with E-state index in [2.05, 4.69) is 0 Å². The molecule has 0 bridgehead atoms. The summed E-state index contributed by atoms with van der Waals surface area (Å²) >= 11 is 0. The summed E-state index contributed by atoms with van der Waals surface area (Å²) in [5.41, 5.74) is 1.11. The zero-order chi connectivity index (χ0) is 13.6. The minimum Gasteiger partial charge on any atom is -0.497 e. The summed E-state index contributed by atoms with van der Waals surface area (Å²) in [6, 6.07) is 7.64. The van der Waals surface area contributed by atoms with Gasteiger partial charge in [-0.25, -0.2) is 8.42 Å². The molecule has 0 fully saturated rings. The van der Waals surface area contributed by atoms with Crippen molar-refractivity contribution in [2.75, 3.05) is 19.1 Å². The van der Waals surface area contributed by atoms with Gasteiger partial charge in [0.25, 0.3) is 0 Å². The highest BCUT2D eigenvalue weighted by atomic mass is 32.2. The predicted octanol–water partition coefficient (Wildman–Crippen LogP) is 1.42. The number of benzene rings is 1. The summed E-state index contributed by atoms with van der Waals surface area (Å²) in [6.07, 6.45) is 2.22. The Balaban J connectivity index is 2.35. The Kier molecular flexibility index (Phi) is 5.62. The van der Waals surface area contributed by atoms with Crippen molar-refractivity contribution in [1.29, 1.82) is 0 Å². The van der Waals surface area contributed by atoms with E-state index in [0.29, 0.717) is 12.8 Å². The number of sulfone groups is 1. The third-order valence-corrected chi connectivity index (χ3v) is 3.72. The van der Waals surface area contributed by atoms with E-state index in [-0.39, 0.29) is 5.75 Å². The van der Waals surface area contributed by atoms with Crippen LogP contribution >= 0.6 is 0 Å². The molecule has 1 rings (SSSR count). The molecule has 0 spiro atoms. The summed E-state index contributed by atoms with van der Waals surface area (Å²) in [5, 5.41) is 9.69. The third-order valence-electron chi connectivity index (χ3n) is 2.75. The van der Waals surface area contributed by atoms with Crippen LogP contribution in [0.2, 0.25) is 0 Å². The molecule has 0 saturated carbocycles. The fourth-order valence-corrected chi connectivity index (χ4v) is 2.32. The van der Waals surface area contributed by atoms with Crippen molar-refractivity contribution in [3.05, 3.63) is 29.8 Å². The summed E-state index contributed by atoms with van der Waals surface area (Å²) in [7, 11) is -1.37. The SMILES string of the molecule is COc1ccc(CCC(O)CCS(C)(=O)=O)cc1. The second-order valence-electron chi connectivity index (χ2n) is 4.46. The topological polar surface area (TPSA) is 63.6 Å². The van der Waals surface area contributed by atoms with E-state index < -0.39 is 15.9 Å². The number of aryl methyl sites for hydroxylation is 1. The Morgan fingerprint density at radius 3 is 2.33 bits per heavy atom. The van der Waals surface area contributed by atoms with Crippen LogP contribution in [-0.4, -0.2) is 38.7 Å². The number of aliphatic hydroxyl groups is 1. The molecule has 0 saturated heterocycles. The molecule has 1 aromatic rings. The maximum atomic E-state index is 11.0. The Hall–Kier alpha value is -1.07. The maximum Gasteiger partial charge on any atom is 0.147 e. The van der Waals surface area contributed by atoms with Crippen LogP contribution < -0.4 is 4.74 Å². The second-order valence-corrected chi connectivity index (χ2v) is 6.72. The number of ether oxygens (including phenoxy) is 1. The fourth-order valence-electron chi connectivity index (χ4n) is 1.62. The van der Waals surface area contributed by atoms with Crippen molar-refractivity contribution in [1.82, 2.24) is 0 Å². The molecule has 0 radical (unpaired) electrons. The molecule has 1 atom stereocenters. The van der Waals surface area contributed by atoms with Crippen LogP contribution in [0, 0.1) is 0 Å². The number of methoxy groups -OCH3 is 1. The standard InChI is InChI=1S/C13H20O4S/c1-17-13-7-4-11(5-8-13)3-6-12(14)9-10-18(2,15)16/h4-5,7-8,12,14H,3,6,9-10H2,1-2H3. The highest BCUT2D eigenvalue weighted by molar-refractivity contribution is 7.90. The van der Waals surface area contributed by atoms with Crippen LogP contribution in [0.15, 0.2) is 24.3 Å². The lowest BCUT2D eigenvalue weighted by Gasteiger charge is -2.10. The van der Waals surface area contributed by atoms with Gasteiger partial charge in [-0.1, -0.05) is 12.1 Å². The van der Waals surface area contributed by atoms with Gasteiger partial charge in [-0.3, -0.25) is 0 Å². The maximum absolute atomic E-state index is 11.0. The molecule has 0 aliphatic carbocycles. The molecule has 102 valence electrons. The fraction of sp³-hybridized carbons (Fsp3) is 0.538. The molecule has 0 amide bonds. The second kappa shape index (κ2) is 6.75. The van der Waals surface area contributed by atoms with Crippen molar-refractivity contribution in [3.63, 3.8) is 0 Å². The van der Waals surface area contributed by atoms with E-state index in [0.717, 1.165) is 17.7 Å². The first-order valence-corrected chi connectivity index (χ1v) is 7.95. The highest BCUT2D eigenvalue weighted by Crippen LogP contribution is 2.14. The van der Waals surface area contributed by atoms with Crippen LogP contribution in [0.3, 0.4) is 0 Å². The van der Waals surface area contributed by atoms with E-state index in [1.165, 1.54) is 6.26 Å². The van der Waals surface area contributed by atoms with Crippen molar-refractivity contribution in [2.24, 2.45) is 0 Å². The highest BCUT2D eigenvalue weighted by Gasteiger charge is 2.09. The van der Waals surface area contributed by atoms with Crippen molar-refractivity contribution < 1.29 is 18.3 Å². The summed E-state index contributed by atoms with van der Waals surface area (Å²) < 4.78 is 27.0. The predicted molar refractivity (Wildman–Crippen MR) is 71.6 cm³/mol. The molecule has 0 heterocycles. The molecule has 4 nitrogen and oxygen atoms in total. The van der Waals surface area contributed by atoms with Crippen molar-refractivity contribution >= 4 is 9.84 Å². The lowest BCUT2D eigenvalue weighted by atomic mass is 10.1. The van der Waals surface area contributed by atoms with Gasteiger partial charge < -0.3 is 9.84 Å². The molecular weight excluding hydrogens is 252 g/mol. The minimum absolute atomic E-state index is 0.0385. The van der Waals surface area contributed by atoms with Gasteiger partial charge in [0.1, 0.15) is 15.6 Å². The minimum atomic E-state index is -2.99. The van der Waals surface area contributed by atoms with Crippen molar-refractivity contribution in [3.8, 4) is 5.75 Å². The Labute approximate surface area is 109 Å². The van der Waals surface area contributed by atoms with Gasteiger partial charge in [-0.05, 0) is 37.0 Å². The van der Waals surface area contributed by atoms with E-state index >= 15 is 0 Å². The summed E-state index contributed by atoms with van der Waals surface area (Å²) in [5.74, 6) is 0.841. The molecule has 18 heavy (non-hydrogen) atoms. The van der Waals surface area contributed by atoms with Crippen LogP contribution in [0.1, 0.15) is 18.4 Å². The number of aliphatic hydroxyl groups excluding tert-OH is 1. The summed E-state index contributed by atoms with van der Waals surface area (Å²) in [6.45, 7) is 0. The first kappa shape index (κ1) is 15.0. The Morgan fingerprint density at radius 2 is 1.83 bits per heavy atom. The van der Waals surface area contributed by atoms with Gasteiger partial charge >= 0.3 is 0 Å². The van der Waals surface area contributed by atoms with Gasteiger partial charge in [-0.15, -0.1) is 0 Å². The van der Waals surface area contributed by atoms with Gasteiger partial charge in [-0.2, -0.15) is 0 Å². The van der Waals surface area contributed by atoms with Gasteiger partial charge in [0, 0.05) is 6.26 Å². The zero-order valence-electron chi connectivity index (χ0n) is 10.8. The molecular formula is C13H20O4S. The molecule has 1 aromatic carbocycles. The average Bonchev–Trinajstić information content (AvgIpc) is 2.33. The first-order valence-electron chi connectivity index (χ1n) is 5.89. The number of rotatable bonds is 7. The summed E-state index contributed by atoms with van der Waals surface area (Å²) in [4.78, 5) is 0. The Morgan fingerprint density at radius 1 is 1.22 bits per heavy atom. The monoisotopic (exact) mass is 272 g/mol. The van der Waals surface area contributed by atoms with Crippen molar-refractivity contribution in [2.45, 2.75) is 25.4 Å². The molecule has 1 N–H and O–H groups in total.